The first kappa shape index (κ1) is 21.8. The van der Waals surface area contributed by atoms with Gasteiger partial charge in [-0.1, -0.05) is 27.7 Å². The van der Waals surface area contributed by atoms with E-state index in [4.69, 9.17) is 0 Å². The zero-order chi connectivity index (χ0) is 10.6. The SMILES string of the molecule is Cc1c[c-](C)c(C)c1C.[CH3-].[CH3-].[Zr+4].c1cc[cH-]c1. The van der Waals surface area contributed by atoms with Crippen LogP contribution in [0.1, 0.15) is 22.3 Å². The van der Waals surface area contributed by atoms with Crippen LogP contribution in [0, 0.1) is 42.5 Å². The third-order valence-corrected chi connectivity index (χ3v) is 2.73. The maximum atomic E-state index is 2.24. The third-order valence-electron chi connectivity index (χ3n) is 2.73. The molecule has 2 aromatic carbocycles. The van der Waals surface area contributed by atoms with Gasteiger partial charge < -0.3 is 14.9 Å². The second-order valence-corrected chi connectivity index (χ2v) is 3.72. The van der Waals surface area contributed by atoms with Crippen molar-refractivity contribution in [3.05, 3.63) is 73.5 Å². The average molecular weight is 308 g/mol. The molecule has 0 saturated carbocycles. The summed E-state index contributed by atoms with van der Waals surface area (Å²) in [6, 6.07) is 12.2. The predicted molar refractivity (Wildman–Crippen MR) is 75.8 cm³/mol. The van der Waals surface area contributed by atoms with Gasteiger partial charge in [0.2, 0.25) is 0 Å². The van der Waals surface area contributed by atoms with Gasteiger partial charge in [-0.2, -0.15) is 46.5 Å². The Hall–Kier alpha value is -0.417. The molecule has 0 nitrogen and oxygen atoms in total. The summed E-state index contributed by atoms with van der Waals surface area (Å²) in [5.74, 6) is 0. The fraction of sp³-hybridized carbons (Fsp3) is 0.250. The van der Waals surface area contributed by atoms with Crippen LogP contribution in [0.3, 0.4) is 0 Å². The fourth-order valence-electron chi connectivity index (χ4n) is 1.45. The van der Waals surface area contributed by atoms with Crippen LogP contribution < -0.4 is 0 Å². The standard InChI is InChI=1S/C9H13.C5H5.2CH3.Zr/c1-6-5-7(2)9(4)8(6)3;1-2-4-5-3-1;;;/h5H,1-4H3;1-5H;2*1H3;/q4*-1;+4. The van der Waals surface area contributed by atoms with Crippen molar-refractivity contribution in [1.82, 2.24) is 0 Å². The molecule has 2 rings (SSSR count). The van der Waals surface area contributed by atoms with Crippen LogP contribution in [0.4, 0.5) is 0 Å². The van der Waals surface area contributed by atoms with Crippen molar-refractivity contribution in [2.45, 2.75) is 27.7 Å². The van der Waals surface area contributed by atoms with Gasteiger partial charge in [-0.15, -0.1) is 0 Å². The van der Waals surface area contributed by atoms with Crippen molar-refractivity contribution in [2.75, 3.05) is 0 Å². The van der Waals surface area contributed by atoms with E-state index in [1.54, 1.807) is 0 Å². The van der Waals surface area contributed by atoms with E-state index in [0.29, 0.717) is 0 Å². The molecule has 0 atom stereocenters. The molecule has 0 aliphatic rings. The molecule has 0 aliphatic carbocycles. The zero-order valence-corrected chi connectivity index (χ0v) is 14.4. The van der Waals surface area contributed by atoms with Crippen LogP contribution in [0.15, 0.2) is 36.4 Å². The minimum Gasteiger partial charge on any atom is -0.358 e. The molecule has 0 radical (unpaired) electrons. The van der Waals surface area contributed by atoms with Gasteiger partial charge in [0.15, 0.2) is 0 Å². The molecule has 0 saturated heterocycles. The monoisotopic (exact) mass is 306 g/mol. The van der Waals surface area contributed by atoms with Crippen molar-refractivity contribution in [2.24, 2.45) is 0 Å². The molecular formula is C16H24Zr. The van der Waals surface area contributed by atoms with Crippen LogP contribution in [0.5, 0.6) is 0 Å². The van der Waals surface area contributed by atoms with Gasteiger partial charge in [0.25, 0.3) is 0 Å². The molecule has 92 valence electrons. The molecule has 0 unspecified atom stereocenters. The normalized spacial score (nSPS) is 7.76. The summed E-state index contributed by atoms with van der Waals surface area (Å²) < 4.78 is 0. The van der Waals surface area contributed by atoms with Crippen LogP contribution in [-0.2, 0) is 26.2 Å². The van der Waals surface area contributed by atoms with Crippen molar-refractivity contribution in [1.29, 1.82) is 0 Å². The maximum Gasteiger partial charge on any atom is 4.00 e. The predicted octanol–water partition coefficient (Wildman–Crippen LogP) is 4.94. The van der Waals surface area contributed by atoms with Gasteiger partial charge in [-0.3, -0.25) is 0 Å². The first-order valence-corrected chi connectivity index (χ1v) is 4.99. The summed E-state index contributed by atoms with van der Waals surface area (Å²) in [7, 11) is 0. The fourth-order valence-corrected chi connectivity index (χ4v) is 1.45. The van der Waals surface area contributed by atoms with Crippen molar-refractivity contribution >= 4 is 0 Å². The van der Waals surface area contributed by atoms with Crippen molar-refractivity contribution in [3.8, 4) is 0 Å². The number of hydrogen-bond acceptors (Lipinski definition) is 0. The van der Waals surface area contributed by atoms with Crippen LogP contribution >= 0.6 is 0 Å². The van der Waals surface area contributed by atoms with Gasteiger partial charge in [-0.05, 0) is 0 Å². The smallest absolute Gasteiger partial charge is 0.358 e. The van der Waals surface area contributed by atoms with Gasteiger partial charge in [-0.25, -0.2) is 12.1 Å². The topological polar surface area (TPSA) is 0 Å². The first-order valence-electron chi connectivity index (χ1n) is 4.99. The molecule has 1 heteroatoms. The second kappa shape index (κ2) is 10.7. The van der Waals surface area contributed by atoms with E-state index in [1.165, 1.54) is 22.3 Å². The molecular weight excluding hydrogens is 283 g/mol. The van der Waals surface area contributed by atoms with E-state index < -0.39 is 0 Å². The first-order chi connectivity index (χ1) is 6.63. The van der Waals surface area contributed by atoms with Crippen molar-refractivity contribution in [3.63, 3.8) is 0 Å². The van der Waals surface area contributed by atoms with E-state index in [2.05, 4.69) is 33.8 Å². The number of hydrogen-bond donors (Lipinski definition) is 0. The summed E-state index contributed by atoms with van der Waals surface area (Å²) >= 11 is 0. The van der Waals surface area contributed by atoms with Gasteiger partial charge >= 0.3 is 26.2 Å². The Bertz CT molecular complexity index is 327. The van der Waals surface area contributed by atoms with E-state index >= 15 is 0 Å². The van der Waals surface area contributed by atoms with Crippen LogP contribution in [-0.4, -0.2) is 0 Å². The maximum absolute atomic E-state index is 2.24. The molecule has 0 bridgehead atoms. The number of rotatable bonds is 0. The molecule has 0 fully saturated rings. The third kappa shape index (κ3) is 6.79. The molecule has 0 N–H and O–H groups in total. The average Bonchev–Trinajstić information content (AvgIpc) is 2.78. The van der Waals surface area contributed by atoms with E-state index in [1.807, 2.05) is 30.3 Å². The van der Waals surface area contributed by atoms with Crippen LogP contribution in [0.2, 0.25) is 0 Å². The molecule has 0 aromatic heterocycles. The van der Waals surface area contributed by atoms with Gasteiger partial charge in [0.05, 0.1) is 0 Å². The molecule has 0 spiro atoms. The van der Waals surface area contributed by atoms with E-state index in [9.17, 15) is 0 Å². The summed E-state index contributed by atoms with van der Waals surface area (Å²) in [5, 5.41) is 0. The Morgan fingerprint density at radius 2 is 1.47 bits per heavy atom. The minimum absolute atomic E-state index is 0. The summed E-state index contributed by atoms with van der Waals surface area (Å²) in [5.41, 5.74) is 5.75. The molecule has 0 aliphatic heterocycles. The molecule has 0 heterocycles. The van der Waals surface area contributed by atoms with E-state index in [-0.39, 0.29) is 41.1 Å². The van der Waals surface area contributed by atoms with Crippen LogP contribution in [0.25, 0.3) is 0 Å². The Morgan fingerprint density at radius 1 is 1.00 bits per heavy atom. The molecule has 17 heavy (non-hydrogen) atoms. The van der Waals surface area contributed by atoms with Gasteiger partial charge in [0, 0.05) is 0 Å². The Morgan fingerprint density at radius 3 is 1.59 bits per heavy atom. The zero-order valence-electron chi connectivity index (χ0n) is 12.0. The largest absolute Gasteiger partial charge is 4.00 e. The minimum atomic E-state index is 0. The second-order valence-electron chi connectivity index (χ2n) is 3.72. The Labute approximate surface area is 127 Å². The summed E-state index contributed by atoms with van der Waals surface area (Å²) in [4.78, 5) is 0. The van der Waals surface area contributed by atoms with Crippen molar-refractivity contribution < 1.29 is 26.2 Å². The molecule has 2 aromatic rings. The number of aryl methyl sites for hydroxylation is 2. The van der Waals surface area contributed by atoms with Gasteiger partial charge in [0.1, 0.15) is 0 Å². The quantitative estimate of drug-likeness (QED) is 0.605. The summed E-state index contributed by atoms with van der Waals surface area (Å²) in [6.07, 6.45) is 0. The molecule has 0 amide bonds. The summed E-state index contributed by atoms with van der Waals surface area (Å²) in [6.45, 7) is 8.68. The van der Waals surface area contributed by atoms with E-state index in [0.717, 1.165) is 0 Å². The Kier molecular flexibility index (Phi) is 13.8. The Balaban J connectivity index is -0.000000216.